The molecule has 0 saturated heterocycles. The van der Waals surface area contributed by atoms with E-state index >= 15 is 0 Å². The van der Waals surface area contributed by atoms with Crippen LogP contribution in [0.15, 0.2) is 42.5 Å². The molecule has 2 aromatic carbocycles. The van der Waals surface area contributed by atoms with E-state index in [9.17, 15) is 13.4 Å². The maximum absolute atomic E-state index is 13.2. The van der Waals surface area contributed by atoms with Crippen LogP contribution >= 0.6 is 0 Å². The first kappa shape index (κ1) is 15.1. The van der Waals surface area contributed by atoms with Gasteiger partial charge < -0.3 is 5.32 Å². The van der Waals surface area contributed by atoms with Crippen LogP contribution in [0.4, 0.5) is 15.8 Å². The molecule has 0 aliphatic heterocycles. The van der Waals surface area contributed by atoms with Crippen LogP contribution in [0.2, 0.25) is 0 Å². The SMILES string of the molecule is Cc1cc(NC(=O)c2cccc(NS(=O)O)c2)ccc1F. The van der Waals surface area contributed by atoms with Crippen LogP contribution in [-0.2, 0) is 11.3 Å². The maximum Gasteiger partial charge on any atom is 0.259 e. The molecule has 1 atom stereocenters. The summed E-state index contributed by atoms with van der Waals surface area (Å²) < 4.78 is 34.9. The molecule has 1 amide bonds. The topological polar surface area (TPSA) is 78.4 Å². The lowest BCUT2D eigenvalue weighted by atomic mass is 10.1. The van der Waals surface area contributed by atoms with Gasteiger partial charge in [-0.3, -0.25) is 14.1 Å². The number of amides is 1. The Bertz CT molecular complexity index is 706. The molecular formula is C14H13FN2O3S. The fraction of sp³-hybridized carbons (Fsp3) is 0.0714. The van der Waals surface area contributed by atoms with Crippen LogP contribution in [0.25, 0.3) is 0 Å². The van der Waals surface area contributed by atoms with Gasteiger partial charge >= 0.3 is 0 Å². The molecule has 0 fully saturated rings. The standard InChI is InChI=1S/C14H13FN2O3S/c1-9-7-11(5-6-13(9)15)16-14(18)10-3-2-4-12(8-10)17-21(19)20/h2-8,17H,1H3,(H,16,18)(H,19,20). The summed E-state index contributed by atoms with van der Waals surface area (Å²) in [4.78, 5) is 12.1. The van der Waals surface area contributed by atoms with E-state index in [-0.39, 0.29) is 5.82 Å². The first-order chi connectivity index (χ1) is 9.95. The number of anilines is 2. The molecular weight excluding hydrogens is 295 g/mol. The quantitative estimate of drug-likeness (QED) is 0.760. The van der Waals surface area contributed by atoms with Crippen molar-refractivity contribution < 1.29 is 17.9 Å². The Morgan fingerprint density at radius 3 is 2.62 bits per heavy atom. The molecule has 7 heteroatoms. The second-order valence-corrected chi connectivity index (χ2v) is 5.05. The summed E-state index contributed by atoms with van der Waals surface area (Å²) in [6.45, 7) is 1.60. The minimum Gasteiger partial charge on any atom is -0.322 e. The number of hydrogen-bond acceptors (Lipinski definition) is 2. The normalized spacial score (nSPS) is 11.8. The lowest BCUT2D eigenvalue weighted by molar-refractivity contribution is 0.102. The molecule has 0 bridgehead atoms. The fourth-order valence-corrected chi connectivity index (χ4v) is 2.08. The van der Waals surface area contributed by atoms with Crippen LogP contribution in [0.5, 0.6) is 0 Å². The van der Waals surface area contributed by atoms with E-state index in [1.165, 1.54) is 24.3 Å². The van der Waals surface area contributed by atoms with Crippen molar-refractivity contribution in [1.82, 2.24) is 0 Å². The van der Waals surface area contributed by atoms with Crippen molar-refractivity contribution in [3.8, 4) is 0 Å². The van der Waals surface area contributed by atoms with Crippen molar-refractivity contribution in [1.29, 1.82) is 0 Å². The first-order valence-electron chi connectivity index (χ1n) is 6.01. The average molecular weight is 308 g/mol. The first-order valence-corrected chi connectivity index (χ1v) is 7.11. The van der Waals surface area contributed by atoms with Gasteiger partial charge in [0, 0.05) is 16.9 Å². The molecule has 0 aromatic heterocycles. The summed E-state index contributed by atoms with van der Waals surface area (Å²) in [6.07, 6.45) is 0. The van der Waals surface area contributed by atoms with Crippen molar-refractivity contribution >= 4 is 28.5 Å². The van der Waals surface area contributed by atoms with E-state index in [1.807, 2.05) is 0 Å². The number of halogens is 1. The minimum absolute atomic E-state index is 0.312. The van der Waals surface area contributed by atoms with Gasteiger partial charge in [-0.05, 0) is 48.9 Å². The monoisotopic (exact) mass is 308 g/mol. The summed E-state index contributed by atoms with van der Waals surface area (Å²) in [5.74, 6) is -0.738. The highest BCUT2D eigenvalue weighted by molar-refractivity contribution is 7.80. The highest BCUT2D eigenvalue weighted by Gasteiger charge is 2.08. The number of carbonyl (C=O) groups excluding carboxylic acids is 1. The zero-order valence-electron chi connectivity index (χ0n) is 11.1. The zero-order valence-corrected chi connectivity index (χ0v) is 11.9. The number of benzene rings is 2. The van der Waals surface area contributed by atoms with Crippen LogP contribution in [-0.4, -0.2) is 14.7 Å². The maximum atomic E-state index is 13.2. The van der Waals surface area contributed by atoms with Gasteiger partial charge in [-0.2, -0.15) is 0 Å². The number of carbonyl (C=O) groups is 1. The van der Waals surface area contributed by atoms with Gasteiger partial charge in [-0.15, -0.1) is 0 Å². The van der Waals surface area contributed by atoms with Crippen molar-refractivity contribution in [2.75, 3.05) is 10.0 Å². The molecule has 2 rings (SSSR count). The number of nitrogens with one attached hydrogen (secondary N) is 2. The molecule has 110 valence electrons. The third-order valence-corrected chi connectivity index (χ3v) is 3.16. The summed E-state index contributed by atoms with van der Waals surface area (Å²) in [6, 6.07) is 10.4. The number of hydrogen-bond donors (Lipinski definition) is 3. The second kappa shape index (κ2) is 6.47. The number of aryl methyl sites for hydroxylation is 1. The zero-order chi connectivity index (χ0) is 15.4. The van der Waals surface area contributed by atoms with Gasteiger partial charge in [-0.1, -0.05) is 6.07 Å². The van der Waals surface area contributed by atoms with Crippen molar-refractivity contribution in [3.63, 3.8) is 0 Å². The van der Waals surface area contributed by atoms with Gasteiger partial charge in [0.05, 0.1) is 0 Å². The molecule has 1 unspecified atom stereocenters. The van der Waals surface area contributed by atoms with E-state index in [4.69, 9.17) is 4.55 Å². The summed E-state index contributed by atoms with van der Waals surface area (Å²) in [5, 5.41) is 2.64. The highest BCUT2D eigenvalue weighted by Crippen LogP contribution is 2.16. The van der Waals surface area contributed by atoms with Crippen molar-refractivity contribution in [2.45, 2.75) is 6.92 Å². The molecule has 3 N–H and O–H groups in total. The Labute approximate surface area is 123 Å². The Morgan fingerprint density at radius 1 is 1.19 bits per heavy atom. The van der Waals surface area contributed by atoms with Gasteiger partial charge in [0.25, 0.3) is 17.2 Å². The predicted octanol–water partition coefficient (Wildman–Crippen LogP) is 2.94. The van der Waals surface area contributed by atoms with Crippen LogP contribution < -0.4 is 10.0 Å². The average Bonchev–Trinajstić information content (AvgIpc) is 2.42. The van der Waals surface area contributed by atoms with E-state index in [0.29, 0.717) is 22.5 Å². The van der Waals surface area contributed by atoms with Crippen LogP contribution in [0.1, 0.15) is 15.9 Å². The van der Waals surface area contributed by atoms with Gasteiger partial charge in [0.2, 0.25) is 0 Å². The number of rotatable bonds is 4. The molecule has 0 spiro atoms. The lowest BCUT2D eigenvalue weighted by Gasteiger charge is -2.08. The van der Waals surface area contributed by atoms with Gasteiger partial charge in [-0.25, -0.2) is 8.60 Å². The van der Waals surface area contributed by atoms with E-state index in [0.717, 1.165) is 0 Å². The second-order valence-electron chi connectivity index (χ2n) is 4.35. The third-order valence-electron chi connectivity index (χ3n) is 2.75. The molecule has 0 aliphatic carbocycles. The summed E-state index contributed by atoms with van der Waals surface area (Å²) in [7, 11) is 0. The molecule has 0 saturated carbocycles. The highest BCUT2D eigenvalue weighted by atomic mass is 32.2. The van der Waals surface area contributed by atoms with Crippen LogP contribution in [0.3, 0.4) is 0 Å². The molecule has 5 nitrogen and oxygen atoms in total. The smallest absolute Gasteiger partial charge is 0.259 e. The van der Waals surface area contributed by atoms with E-state index in [1.54, 1.807) is 25.1 Å². The molecule has 0 aliphatic rings. The van der Waals surface area contributed by atoms with E-state index < -0.39 is 17.2 Å². The van der Waals surface area contributed by atoms with Gasteiger partial charge in [0.1, 0.15) is 5.82 Å². The molecule has 0 heterocycles. The van der Waals surface area contributed by atoms with Crippen molar-refractivity contribution in [3.05, 3.63) is 59.4 Å². The Kier molecular flexibility index (Phi) is 4.66. The van der Waals surface area contributed by atoms with Gasteiger partial charge in [0.15, 0.2) is 0 Å². The predicted molar refractivity (Wildman–Crippen MR) is 79.9 cm³/mol. The molecule has 2 aromatic rings. The minimum atomic E-state index is -2.21. The van der Waals surface area contributed by atoms with Crippen molar-refractivity contribution in [2.24, 2.45) is 0 Å². The Hall–Kier alpha value is -2.25. The summed E-state index contributed by atoms with van der Waals surface area (Å²) in [5.41, 5.74) is 1.56. The van der Waals surface area contributed by atoms with Crippen LogP contribution in [0, 0.1) is 12.7 Å². The third kappa shape index (κ3) is 4.11. The molecule has 0 radical (unpaired) electrons. The lowest BCUT2D eigenvalue weighted by Crippen LogP contribution is -2.12. The summed E-state index contributed by atoms with van der Waals surface area (Å²) >= 11 is -2.21. The Balaban J connectivity index is 2.16. The molecule has 21 heavy (non-hydrogen) atoms. The Morgan fingerprint density at radius 2 is 1.95 bits per heavy atom. The fourth-order valence-electron chi connectivity index (χ4n) is 1.75. The largest absolute Gasteiger partial charge is 0.322 e. The van der Waals surface area contributed by atoms with E-state index in [2.05, 4.69) is 10.0 Å².